The van der Waals surface area contributed by atoms with Crippen LogP contribution in [-0.2, 0) is 6.42 Å². The van der Waals surface area contributed by atoms with Gasteiger partial charge in [-0.05, 0) is 64.3 Å². The summed E-state index contributed by atoms with van der Waals surface area (Å²) < 4.78 is 1.12. The van der Waals surface area contributed by atoms with Crippen LogP contribution in [0.3, 0.4) is 0 Å². The second-order valence-corrected chi connectivity index (χ2v) is 6.55. The average Bonchev–Trinajstić information content (AvgIpc) is 2.70. The van der Waals surface area contributed by atoms with E-state index in [-0.39, 0.29) is 5.38 Å². The Hall–Kier alpha value is -0.310. The normalized spacial score (nSPS) is 12.7. The van der Waals surface area contributed by atoms with Crippen LogP contribution in [0.25, 0.3) is 0 Å². The van der Waals surface area contributed by atoms with Gasteiger partial charge in [0.1, 0.15) is 0 Å². The third-order valence-corrected chi connectivity index (χ3v) is 5.40. The lowest BCUT2D eigenvalue weighted by Gasteiger charge is -2.10. The van der Waals surface area contributed by atoms with Crippen LogP contribution in [0.2, 0.25) is 0 Å². The van der Waals surface area contributed by atoms with Crippen molar-refractivity contribution in [2.24, 2.45) is 0 Å². The Morgan fingerprint density at radius 1 is 1.24 bits per heavy atom. The molecule has 0 aliphatic rings. The van der Waals surface area contributed by atoms with Crippen molar-refractivity contribution >= 4 is 38.9 Å². The van der Waals surface area contributed by atoms with Gasteiger partial charge in [-0.15, -0.1) is 22.9 Å². The molecular formula is C14H14BrClS. The van der Waals surface area contributed by atoms with Gasteiger partial charge in [0.05, 0.1) is 5.38 Å². The molecule has 1 unspecified atom stereocenters. The van der Waals surface area contributed by atoms with Gasteiger partial charge in [-0.25, -0.2) is 0 Å². The molecule has 0 N–H and O–H groups in total. The molecule has 0 saturated heterocycles. The fourth-order valence-corrected chi connectivity index (χ4v) is 3.97. The van der Waals surface area contributed by atoms with Crippen molar-refractivity contribution in [3.05, 3.63) is 55.7 Å². The molecule has 90 valence electrons. The van der Waals surface area contributed by atoms with E-state index in [4.69, 9.17) is 11.6 Å². The maximum atomic E-state index is 6.46. The predicted octanol–water partition coefficient (Wildman–Crippen LogP) is 5.65. The molecule has 17 heavy (non-hydrogen) atoms. The third kappa shape index (κ3) is 3.12. The first-order valence-electron chi connectivity index (χ1n) is 5.51. The molecule has 0 spiro atoms. The van der Waals surface area contributed by atoms with Gasteiger partial charge in [0.25, 0.3) is 0 Å². The number of thiophene rings is 1. The summed E-state index contributed by atoms with van der Waals surface area (Å²) in [6.07, 6.45) is 0.877. The van der Waals surface area contributed by atoms with Crippen molar-refractivity contribution in [1.82, 2.24) is 0 Å². The van der Waals surface area contributed by atoms with Crippen molar-refractivity contribution in [3.63, 3.8) is 0 Å². The van der Waals surface area contributed by atoms with E-state index in [1.807, 2.05) is 0 Å². The maximum absolute atomic E-state index is 6.46. The second-order valence-electron chi connectivity index (χ2n) is 4.22. The molecule has 0 fully saturated rings. The smallest absolute Gasteiger partial charge is 0.0730 e. The zero-order valence-corrected chi connectivity index (χ0v) is 13.0. The fraction of sp³-hybridized carbons (Fsp3) is 0.286. The van der Waals surface area contributed by atoms with Crippen LogP contribution >= 0.6 is 38.9 Å². The van der Waals surface area contributed by atoms with E-state index in [2.05, 4.69) is 59.4 Å². The number of hydrogen-bond donors (Lipinski definition) is 0. The van der Waals surface area contributed by atoms with Gasteiger partial charge >= 0.3 is 0 Å². The lowest BCUT2D eigenvalue weighted by molar-refractivity contribution is 0.932. The lowest BCUT2D eigenvalue weighted by Crippen LogP contribution is -1.95. The van der Waals surface area contributed by atoms with E-state index >= 15 is 0 Å². The molecule has 0 radical (unpaired) electrons. The van der Waals surface area contributed by atoms with Crippen LogP contribution in [0.4, 0.5) is 0 Å². The number of hydrogen-bond acceptors (Lipinski definition) is 1. The Morgan fingerprint density at radius 2 is 2.00 bits per heavy atom. The summed E-state index contributed by atoms with van der Waals surface area (Å²) in [6.45, 7) is 4.27. The summed E-state index contributed by atoms with van der Waals surface area (Å²) in [6, 6.07) is 8.61. The second kappa shape index (κ2) is 5.55. The Kier molecular flexibility index (Phi) is 4.29. The quantitative estimate of drug-likeness (QED) is 0.638. The molecular weight excluding hydrogens is 316 g/mol. The van der Waals surface area contributed by atoms with Gasteiger partial charge in [-0.2, -0.15) is 0 Å². The predicted molar refractivity (Wildman–Crippen MR) is 80.2 cm³/mol. The van der Waals surface area contributed by atoms with Gasteiger partial charge < -0.3 is 0 Å². The van der Waals surface area contributed by atoms with Gasteiger partial charge in [0.15, 0.2) is 0 Å². The van der Waals surface area contributed by atoms with Crippen LogP contribution in [0.1, 0.15) is 26.9 Å². The highest BCUT2D eigenvalue weighted by atomic mass is 79.9. The average molecular weight is 330 g/mol. The zero-order valence-electron chi connectivity index (χ0n) is 9.84. The standard InChI is InChI=1S/C14H14BrClS/c1-9-3-4-11(7-10(9)2)8-13(16)14-12(15)5-6-17-14/h3-7,13H,8H2,1-2H3. The Bertz CT molecular complexity index is 519. The molecule has 0 nitrogen and oxygen atoms in total. The van der Waals surface area contributed by atoms with Crippen LogP contribution in [-0.4, -0.2) is 0 Å². The zero-order chi connectivity index (χ0) is 12.4. The number of aryl methyl sites for hydroxylation is 2. The topological polar surface area (TPSA) is 0 Å². The minimum atomic E-state index is 0.0477. The molecule has 0 aliphatic carbocycles. The van der Waals surface area contributed by atoms with E-state index in [1.54, 1.807) is 11.3 Å². The first-order valence-corrected chi connectivity index (χ1v) is 7.62. The largest absolute Gasteiger partial charge is 0.146 e. The molecule has 1 heterocycles. The lowest BCUT2D eigenvalue weighted by atomic mass is 10.0. The summed E-state index contributed by atoms with van der Waals surface area (Å²) >= 11 is 11.7. The molecule has 0 aliphatic heterocycles. The van der Waals surface area contributed by atoms with Crippen LogP contribution in [0, 0.1) is 13.8 Å². The van der Waals surface area contributed by atoms with Crippen LogP contribution in [0.5, 0.6) is 0 Å². The molecule has 0 bridgehead atoms. The first-order chi connectivity index (χ1) is 8.08. The number of benzene rings is 1. The molecule has 0 amide bonds. The van der Waals surface area contributed by atoms with E-state index in [1.165, 1.54) is 21.6 Å². The third-order valence-electron chi connectivity index (χ3n) is 2.92. The highest BCUT2D eigenvalue weighted by Crippen LogP contribution is 2.35. The first kappa shape index (κ1) is 13.1. The minimum absolute atomic E-state index is 0.0477. The van der Waals surface area contributed by atoms with Gasteiger partial charge in [-0.3, -0.25) is 0 Å². The van der Waals surface area contributed by atoms with E-state index < -0.39 is 0 Å². The number of rotatable bonds is 3. The summed E-state index contributed by atoms with van der Waals surface area (Å²) in [5.74, 6) is 0. The summed E-state index contributed by atoms with van der Waals surface area (Å²) in [7, 11) is 0. The molecule has 1 aromatic carbocycles. The SMILES string of the molecule is Cc1ccc(CC(Cl)c2sccc2Br)cc1C. The number of alkyl halides is 1. The molecule has 1 atom stereocenters. The Morgan fingerprint density at radius 3 is 2.59 bits per heavy atom. The highest BCUT2D eigenvalue weighted by molar-refractivity contribution is 9.10. The molecule has 0 saturated carbocycles. The monoisotopic (exact) mass is 328 g/mol. The van der Waals surface area contributed by atoms with Crippen molar-refractivity contribution in [3.8, 4) is 0 Å². The highest BCUT2D eigenvalue weighted by Gasteiger charge is 2.13. The van der Waals surface area contributed by atoms with Gasteiger partial charge in [0.2, 0.25) is 0 Å². The Labute approximate surface area is 120 Å². The molecule has 2 rings (SSSR count). The molecule has 2 aromatic rings. The van der Waals surface area contributed by atoms with Crippen molar-refractivity contribution in [2.75, 3.05) is 0 Å². The van der Waals surface area contributed by atoms with E-state index in [9.17, 15) is 0 Å². The van der Waals surface area contributed by atoms with Crippen LogP contribution < -0.4 is 0 Å². The summed E-state index contributed by atoms with van der Waals surface area (Å²) in [5.41, 5.74) is 3.96. The molecule has 1 aromatic heterocycles. The van der Waals surface area contributed by atoms with Gasteiger partial charge in [-0.1, -0.05) is 18.2 Å². The summed E-state index contributed by atoms with van der Waals surface area (Å²) in [5, 5.41) is 2.11. The number of halogens is 2. The van der Waals surface area contributed by atoms with E-state index in [0.717, 1.165) is 10.9 Å². The minimum Gasteiger partial charge on any atom is -0.146 e. The maximum Gasteiger partial charge on any atom is 0.0730 e. The van der Waals surface area contributed by atoms with Crippen molar-refractivity contribution in [1.29, 1.82) is 0 Å². The van der Waals surface area contributed by atoms with Crippen molar-refractivity contribution < 1.29 is 0 Å². The van der Waals surface area contributed by atoms with Crippen molar-refractivity contribution in [2.45, 2.75) is 25.6 Å². The molecule has 3 heteroatoms. The fourth-order valence-electron chi connectivity index (χ4n) is 1.76. The van der Waals surface area contributed by atoms with Crippen LogP contribution in [0.15, 0.2) is 34.1 Å². The van der Waals surface area contributed by atoms with E-state index in [0.29, 0.717) is 0 Å². The Balaban J connectivity index is 2.16. The van der Waals surface area contributed by atoms with Gasteiger partial charge in [0, 0.05) is 9.35 Å². The summed E-state index contributed by atoms with van der Waals surface area (Å²) in [4.78, 5) is 1.21.